The molecule has 0 bridgehead atoms. The third kappa shape index (κ3) is 3.88. The molecule has 2 heterocycles. The number of nitriles is 1. The van der Waals surface area contributed by atoms with Gasteiger partial charge in [0, 0.05) is 55.6 Å². The fourth-order valence-electron chi connectivity index (χ4n) is 4.20. The molecule has 0 radical (unpaired) electrons. The Hall–Kier alpha value is -3.14. The second-order valence-electron chi connectivity index (χ2n) is 7.35. The molecule has 2 N–H and O–H groups in total. The number of nitrogens with zero attached hydrogens (tertiary/aromatic N) is 3. The maximum absolute atomic E-state index is 12.5. The van der Waals surface area contributed by atoms with Crippen molar-refractivity contribution in [2.75, 3.05) is 32.7 Å². The van der Waals surface area contributed by atoms with Crippen LogP contribution in [0.3, 0.4) is 0 Å². The van der Waals surface area contributed by atoms with Crippen molar-refractivity contribution in [3.63, 3.8) is 0 Å². The van der Waals surface area contributed by atoms with Crippen LogP contribution in [0.4, 0.5) is 0 Å². The minimum atomic E-state index is -0.836. The van der Waals surface area contributed by atoms with Gasteiger partial charge in [0.2, 0.25) is 0 Å². The van der Waals surface area contributed by atoms with Crippen molar-refractivity contribution in [3.05, 3.63) is 60.2 Å². The van der Waals surface area contributed by atoms with Gasteiger partial charge in [-0.15, -0.1) is 0 Å². The van der Waals surface area contributed by atoms with Crippen molar-refractivity contribution in [2.45, 2.75) is 12.5 Å². The van der Waals surface area contributed by atoms with Crippen LogP contribution in [0.25, 0.3) is 22.2 Å². The molecule has 6 heteroatoms. The number of H-pyrrole nitrogens is 1. The number of benzene rings is 2. The molecule has 4 rings (SSSR count). The lowest BCUT2D eigenvalue weighted by Gasteiger charge is -2.37. The number of hydrogen-bond donors (Lipinski definition) is 2. The third-order valence-electron chi connectivity index (χ3n) is 5.63. The Morgan fingerprint density at radius 1 is 1.07 bits per heavy atom. The van der Waals surface area contributed by atoms with Gasteiger partial charge < -0.3 is 10.1 Å². The molecule has 1 unspecified atom stereocenters. The first-order valence-electron chi connectivity index (χ1n) is 9.91. The third-order valence-corrected chi connectivity index (χ3v) is 5.63. The number of piperazine rings is 1. The van der Waals surface area contributed by atoms with Crippen molar-refractivity contribution in [3.8, 4) is 17.3 Å². The van der Waals surface area contributed by atoms with E-state index in [-0.39, 0.29) is 0 Å². The molecule has 1 aromatic heterocycles. The highest BCUT2D eigenvalue weighted by Crippen LogP contribution is 2.37. The van der Waals surface area contributed by atoms with Crippen LogP contribution in [-0.4, -0.2) is 58.6 Å². The summed E-state index contributed by atoms with van der Waals surface area (Å²) in [5, 5.41) is 20.0. The largest absolute Gasteiger partial charge is 0.480 e. The molecule has 2 aromatic carbocycles. The predicted molar refractivity (Wildman–Crippen MR) is 112 cm³/mol. The molecule has 148 valence electrons. The maximum atomic E-state index is 12.5. The first-order valence-corrected chi connectivity index (χ1v) is 9.91. The normalized spacial score (nSPS) is 16.5. The van der Waals surface area contributed by atoms with Crippen LogP contribution in [0, 0.1) is 11.3 Å². The molecule has 0 amide bonds. The van der Waals surface area contributed by atoms with Gasteiger partial charge in [-0.05, 0) is 11.6 Å². The highest BCUT2D eigenvalue weighted by atomic mass is 16.4. The molecule has 1 fully saturated rings. The van der Waals surface area contributed by atoms with Crippen molar-refractivity contribution in [1.29, 1.82) is 5.26 Å². The van der Waals surface area contributed by atoms with Crippen LogP contribution in [0.5, 0.6) is 0 Å². The molecule has 1 aliphatic heterocycles. The summed E-state index contributed by atoms with van der Waals surface area (Å²) in [5.41, 5.74) is 3.62. The van der Waals surface area contributed by atoms with Gasteiger partial charge in [-0.2, -0.15) is 5.26 Å². The lowest BCUT2D eigenvalue weighted by atomic mass is 9.97. The van der Waals surface area contributed by atoms with E-state index in [0.29, 0.717) is 19.5 Å². The highest BCUT2D eigenvalue weighted by molar-refractivity contribution is 5.95. The van der Waals surface area contributed by atoms with Gasteiger partial charge in [0.25, 0.3) is 0 Å². The SMILES string of the molecule is N#CCCN1CCN(C(C(=O)O)c2c(-c3ccccc3)[nH]c3ccccc23)CC1. The lowest BCUT2D eigenvalue weighted by Crippen LogP contribution is -2.49. The number of carboxylic acids is 1. The Morgan fingerprint density at radius 3 is 2.45 bits per heavy atom. The van der Waals surface area contributed by atoms with Gasteiger partial charge in [0.15, 0.2) is 0 Å². The highest BCUT2D eigenvalue weighted by Gasteiger charge is 2.34. The summed E-state index contributed by atoms with van der Waals surface area (Å²) in [7, 11) is 0. The van der Waals surface area contributed by atoms with Gasteiger partial charge in [0.05, 0.1) is 11.8 Å². The number of aliphatic carboxylic acids is 1. The van der Waals surface area contributed by atoms with Crippen molar-refractivity contribution in [1.82, 2.24) is 14.8 Å². The Bertz CT molecular complexity index is 1030. The minimum Gasteiger partial charge on any atom is -0.480 e. The summed E-state index contributed by atoms with van der Waals surface area (Å²) in [6, 6.07) is 19.3. The number of fused-ring (bicyclic) bond motifs is 1. The van der Waals surface area contributed by atoms with Gasteiger partial charge in [-0.1, -0.05) is 48.5 Å². The maximum Gasteiger partial charge on any atom is 0.325 e. The molecule has 0 saturated carbocycles. The van der Waals surface area contributed by atoms with Gasteiger partial charge in [0.1, 0.15) is 6.04 Å². The Labute approximate surface area is 170 Å². The fourth-order valence-corrected chi connectivity index (χ4v) is 4.20. The topological polar surface area (TPSA) is 83.4 Å². The summed E-state index contributed by atoms with van der Waals surface area (Å²) in [4.78, 5) is 20.2. The number of rotatable bonds is 6. The Balaban J connectivity index is 1.73. The van der Waals surface area contributed by atoms with E-state index >= 15 is 0 Å². The second-order valence-corrected chi connectivity index (χ2v) is 7.35. The number of aromatic nitrogens is 1. The summed E-state index contributed by atoms with van der Waals surface area (Å²) < 4.78 is 0. The first kappa shape index (κ1) is 19.2. The van der Waals surface area contributed by atoms with Crippen LogP contribution in [0.15, 0.2) is 54.6 Å². The standard InChI is InChI=1S/C23H24N4O2/c24-11-6-12-26-13-15-27(16-14-26)22(23(28)29)20-18-9-4-5-10-19(18)25-21(20)17-7-2-1-3-8-17/h1-5,7-10,22,25H,6,12-16H2,(H,28,29). The van der Waals surface area contributed by atoms with Crippen molar-refractivity contribution < 1.29 is 9.90 Å². The summed E-state index contributed by atoms with van der Waals surface area (Å²) >= 11 is 0. The molecule has 6 nitrogen and oxygen atoms in total. The molecule has 1 aliphatic rings. The monoisotopic (exact) mass is 388 g/mol. The number of carbonyl (C=O) groups is 1. The van der Waals surface area contributed by atoms with Crippen LogP contribution in [0.2, 0.25) is 0 Å². The molecular formula is C23H24N4O2. The first-order chi connectivity index (χ1) is 14.2. The van der Waals surface area contributed by atoms with Gasteiger partial charge >= 0.3 is 5.97 Å². The lowest BCUT2D eigenvalue weighted by molar-refractivity contribution is -0.144. The number of hydrogen-bond acceptors (Lipinski definition) is 4. The molecule has 3 aromatic rings. The van der Waals surface area contributed by atoms with E-state index in [1.165, 1.54) is 0 Å². The Morgan fingerprint density at radius 2 is 1.76 bits per heavy atom. The molecule has 0 spiro atoms. The van der Waals surface area contributed by atoms with Crippen LogP contribution < -0.4 is 0 Å². The quantitative estimate of drug-likeness (QED) is 0.675. The predicted octanol–water partition coefficient (Wildman–Crippen LogP) is 3.49. The van der Waals surface area contributed by atoms with Gasteiger partial charge in [-0.3, -0.25) is 14.6 Å². The summed E-state index contributed by atoms with van der Waals surface area (Å²) in [5.74, 6) is -0.836. The van der Waals surface area contributed by atoms with Crippen molar-refractivity contribution >= 4 is 16.9 Å². The van der Waals surface area contributed by atoms with E-state index in [1.54, 1.807) is 0 Å². The molecule has 1 atom stereocenters. The number of carboxylic acid groups (broad SMARTS) is 1. The van der Waals surface area contributed by atoms with E-state index in [9.17, 15) is 9.90 Å². The minimum absolute atomic E-state index is 0.503. The van der Waals surface area contributed by atoms with E-state index < -0.39 is 12.0 Å². The number of aromatic amines is 1. The van der Waals surface area contributed by atoms with Crippen molar-refractivity contribution in [2.24, 2.45) is 0 Å². The Kier molecular flexibility index (Phi) is 5.61. The van der Waals surface area contributed by atoms with E-state index in [2.05, 4.69) is 16.0 Å². The van der Waals surface area contributed by atoms with Crippen LogP contribution in [0.1, 0.15) is 18.0 Å². The number of nitrogens with one attached hydrogen (secondary N) is 1. The molecule has 0 aliphatic carbocycles. The molecular weight excluding hydrogens is 364 g/mol. The second kappa shape index (κ2) is 8.48. The van der Waals surface area contributed by atoms with Gasteiger partial charge in [-0.25, -0.2) is 0 Å². The van der Waals surface area contributed by atoms with E-state index in [0.717, 1.165) is 47.4 Å². The average Bonchev–Trinajstić information content (AvgIpc) is 3.13. The fraction of sp³-hybridized carbons (Fsp3) is 0.304. The zero-order chi connectivity index (χ0) is 20.2. The van der Waals surface area contributed by atoms with Crippen LogP contribution in [-0.2, 0) is 4.79 Å². The smallest absolute Gasteiger partial charge is 0.325 e. The van der Waals surface area contributed by atoms with E-state index in [4.69, 9.17) is 5.26 Å². The van der Waals surface area contributed by atoms with Crippen LogP contribution >= 0.6 is 0 Å². The average molecular weight is 388 g/mol. The molecule has 29 heavy (non-hydrogen) atoms. The molecule has 1 saturated heterocycles. The summed E-state index contributed by atoms with van der Waals surface area (Å²) in [6.45, 7) is 3.61. The van der Waals surface area contributed by atoms with E-state index in [1.807, 2.05) is 59.5 Å². The zero-order valence-corrected chi connectivity index (χ0v) is 16.2. The zero-order valence-electron chi connectivity index (χ0n) is 16.2. The summed E-state index contributed by atoms with van der Waals surface area (Å²) in [6.07, 6.45) is 0.503. The number of para-hydroxylation sites is 1.